The first kappa shape index (κ1) is 16.1. The van der Waals surface area contributed by atoms with Crippen molar-refractivity contribution in [1.82, 2.24) is 9.78 Å². The molecule has 3 nitrogen and oxygen atoms in total. The number of aromatic hydroxyl groups is 1. The van der Waals surface area contributed by atoms with Crippen LogP contribution >= 0.6 is 0 Å². The molecule has 0 saturated heterocycles. The normalized spacial score (nSPS) is 11.2. The van der Waals surface area contributed by atoms with E-state index in [1.807, 2.05) is 0 Å². The van der Waals surface area contributed by atoms with Crippen LogP contribution in [0.25, 0.3) is 27.8 Å². The van der Waals surface area contributed by atoms with Gasteiger partial charge in [-0.05, 0) is 12.1 Å². The molecule has 0 amide bonds. The molecule has 0 aliphatic rings. The fraction of sp³-hybridized carbons (Fsp3) is 0. The van der Waals surface area contributed by atoms with E-state index in [4.69, 9.17) is 0 Å². The van der Waals surface area contributed by atoms with E-state index in [0.717, 1.165) is 4.68 Å². The summed E-state index contributed by atoms with van der Waals surface area (Å²) in [4.78, 5) is 0. The van der Waals surface area contributed by atoms with Gasteiger partial charge in [-0.15, -0.1) is 0 Å². The van der Waals surface area contributed by atoms with Crippen molar-refractivity contribution in [1.29, 1.82) is 0 Å². The van der Waals surface area contributed by atoms with E-state index in [1.165, 1.54) is 12.1 Å². The summed E-state index contributed by atoms with van der Waals surface area (Å²) in [7, 11) is 0. The molecule has 0 radical (unpaired) electrons. The number of aromatic nitrogens is 2. The van der Waals surface area contributed by atoms with E-state index >= 15 is 0 Å². The number of para-hydroxylation sites is 2. The van der Waals surface area contributed by atoms with Crippen molar-refractivity contribution in [2.24, 2.45) is 0 Å². The van der Waals surface area contributed by atoms with Crippen LogP contribution < -0.4 is 0 Å². The Labute approximate surface area is 144 Å². The molecule has 0 aliphatic carbocycles. The van der Waals surface area contributed by atoms with Crippen LogP contribution in [0.15, 0.2) is 54.6 Å². The van der Waals surface area contributed by atoms with Gasteiger partial charge in [-0.3, -0.25) is 0 Å². The predicted molar refractivity (Wildman–Crippen MR) is 88.0 cm³/mol. The van der Waals surface area contributed by atoms with Gasteiger partial charge in [-0.1, -0.05) is 42.5 Å². The minimum Gasteiger partial charge on any atom is -0.506 e. The van der Waals surface area contributed by atoms with Crippen molar-refractivity contribution in [3.8, 4) is 22.7 Å². The molecular formula is C19H10F4N2O. The third-order valence-electron chi connectivity index (χ3n) is 4.05. The standard InChI is InChI=1S/C19H10F4N2O/c20-14-13-18(17(23)16(22)15(14)21)24-25(11-8-4-5-9-12(11)26)19(13)10-6-2-1-3-7-10/h1-9,26H. The Morgan fingerprint density at radius 2 is 1.35 bits per heavy atom. The molecule has 3 aromatic carbocycles. The first-order chi connectivity index (χ1) is 12.5. The number of fused-ring (bicyclic) bond motifs is 1. The number of halogens is 4. The van der Waals surface area contributed by atoms with E-state index in [1.54, 1.807) is 42.5 Å². The maximum Gasteiger partial charge on any atom is 0.199 e. The van der Waals surface area contributed by atoms with Gasteiger partial charge < -0.3 is 5.11 Å². The average Bonchev–Trinajstić information content (AvgIpc) is 3.06. The van der Waals surface area contributed by atoms with Crippen LogP contribution in [-0.4, -0.2) is 14.9 Å². The van der Waals surface area contributed by atoms with Crippen LogP contribution in [0.1, 0.15) is 0 Å². The van der Waals surface area contributed by atoms with Crippen molar-refractivity contribution in [3.05, 3.63) is 77.9 Å². The average molecular weight is 358 g/mol. The SMILES string of the molecule is Oc1ccccc1-n1nc2c(F)c(F)c(F)c(F)c2c1-c1ccccc1. The zero-order chi connectivity index (χ0) is 18.4. The molecule has 0 saturated carbocycles. The molecule has 0 aliphatic heterocycles. The van der Waals surface area contributed by atoms with Gasteiger partial charge in [0.15, 0.2) is 23.3 Å². The summed E-state index contributed by atoms with van der Waals surface area (Å²) in [6.45, 7) is 0. The summed E-state index contributed by atoms with van der Waals surface area (Å²) in [5.41, 5.74) is -0.161. The lowest BCUT2D eigenvalue weighted by Gasteiger charge is -2.10. The Bertz CT molecular complexity index is 1140. The molecule has 0 bridgehead atoms. The molecule has 0 unspecified atom stereocenters. The lowest BCUT2D eigenvalue weighted by Crippen LogP contribution is -1.99. The number of benzene rings is 3. The van der Waals surface area contributed by atoms with Crippen molar-refractivity contribution < 1.29 is 22.7 Å². The highest BCUT2D eigenvalue weighted by Gasteiger charge is 2.28. The van der Waals surface area contributed by atoms with Crippen molar-refractivity contribution in [2.75, 3.05) is 0 Å². The molecule has 1 aromatic heterocycles. The van der Waals surface area contributed by atoms with Crippen LogP contribution in [0.2, 0.25) is 0 Å². The summed E-state index contributed by atoms with van der Waals surface area (Å²) < 4.78 is 57.3. The third-order valence-corrected chi connectivity index (χ3v) is 4.05. The predicted octanol–water partition coefficient (Wildman–Crippen LogP) is 4.95. The molecule has 1 N–H and O–H groups in total. The number of hydrogen-bond donors (Lipinski definition) is 1. The second-order valence-corrected chi connectivity index (χ2v) is 5.59. The summed E-state index contributed by atoms with van der Waals surface area (Å²) in [6.07, 6.45) is 0. The fourth-order valence-electron chi connectivity index (χ4n) is 2.87. The molecule has 0 fully saturated rings. The highest BCUT2D eigenvalue weighted by molar-refractivity contribution is 5.95. The van der Waals surface area contributed by atoms with E-state index < -0.39 is 34.2 Å². The smallest absolute Gasteiger partial charge is 0.199 e. The quantitative estimate of drug-likeness (QED) is 0.313. The van der Waals surface area contributed by atoms with Crippen LogP contribution in [0, 0.1) is 23.3 Å². The van der Waals surface area contributed by atoms with Gasteiger partial charge in [0.2, 0.25) is 0 Å². The highest BCUT2D eigenvalue weighted by Crippen LogP contribution is 2.37. The summed E-state index contributed by atoms with van der Waals surface area (Å²) >= 11 is 0. The van der Waals surface area contributed by atoms with Gasteiger partial charge in [-0.25, -0.2) is 22.2 Å². The van der Waals surface area contributed by atoms with Gasteiger partial charge in [0.05, 0.1) is 11.1 Å². The molecule has 0 atom stereocenters. The van der Waals surface area contributed by atoms with Gasteiger partial charge >= 0.3 is 0 Å². The minimum atomic E-state index is -1.93. The zero-order valence-corrected chi connectivity index (χ0v) is 13.0. The Hall–Kier alpha value is -3.35. The Morgan fingerprint density at radius 3 is 2.04 bits per heavy atom. The van der Waals surface area contributed by atoms with Crippen LogP contribution in [0.3, 0.4) is 0 Å². The zero-order valence-electron chi connectivity index (χ0n) is 13.0. The fourth-order valence-corrected chi connectivity index (χ4v) is 2.87. The molecule has 7 heteroatoms. The number of phenols is 1. The monoisotopic (exact) mass is 358 g/mol. The summed E-state index contributed by atoms with van der Waals surface area (Å²) in [5, 5.41) is 13.5. The lowest BCUT2D eigenvalue weighted by atomic mass is 10.1. The molecule has 4 aromatic rings. The maximum atomic E-state index is 14.5. The van der Waals surface area contributed by atoms with Gasteiger partial charge in [0.25, 0.3) is 0 Å². The second kappa shape index (κ2) is 5.87. The lowest BCUT2D eigenvalue weighted by molar-refractivity contribution is 0.417. The Balaban J connectivity index is 2.21. The van der Waals surface area contributed by atoms with Crippen LogP contribution in [-0.2, 0) is 0 Å². The van der Waals surface area contributed by atoms with Gasteiger partial charge in [-0.2, -0.15) is 5.10 Å². The molecule has 130 valence electrons. The number of phenolic OH excluding ortho intramolecular Hbond substituents is 1. The number of rotatable bonds is 2. The van der Waals surface area contributed by atoms with Gasteiger partial charge in [0, 0.05) is 5.56 Å². The summed E-state index contributed by atoms with van der Waals surface area (Å²) in [6, 6.07) is 14.2. The molecular weight excluding hydrogens is 348 g/mol. The van der Waals surface area contributed by atoms with E-state index in [9.17, 15) is 22.7 Å². The Morgan fingerprint density at radius 1 is 0.731 bits per heavy atom. The van der Waals surface area contributed by atoms with E-state index in [-0.39, 0.29) is 17.1 Å². The highest BCUT2D eigenvalue weighted by atomic mass is 19.2. The molecule has 0 spiro atoms. The first-order valence-corrected chi connectivity index (χ1v) is 7.59. The van der Waals surface area contributed by atoms with E-state index in [2.05, 4.69) is 5.10 Å². The first-order valence-electron chi connectivity index (χ1n) is 7.59. The summed E-state index contributed by atoms with van der Waals surface area (Å²) in [5.74, 6) is -7.19. The van der Waals surface area contributed by atoms with Crippen molar-refractivity contribution in [3.63, 3.8) is 0 Å². The largest absolute Gasteiger partial charge is 0.506 e. The van der Waals surface area contributed by atoms with E-state index in [0.29, 0.717) is 5.56 Å². The van der Waals surface area contributed by atoms with Crippen LogP contribution in [0.4, 0.5) is 17.6 Å². The van der Waals surface area contributed by atoms with Crippen LogP contribution in [0.5, 0.6) is 5.75 Å². The molecule has 26 heavy (non-hydrogen) atoms. The number of nitrogens with zero attached hydrogens (tertiary/aromatic N) is 2. The second-order valence-electron chi connectivity index (χ2n) is 5.59. The van der Waals surface area contributed by atoms with Gasteiger partial charge in [0.1, 0.15) is 17.0 Å². The van der Waals surface area contributed by atoms with Crippen molar-refractivity contribution >= 4 is 10.9 Å². The molecule has 1 heterocycles. The minimum absolute atomic E-state index is 0.00241. The van der Waals surface area contributed by atoms with Crippen molar-refractivity contribution in [2.45, 2.75) is 0 Å². The third kappa shape index (κ3) is 2.24. The topological polar surface area (TPSA) is 38.0 Å². The maximum absolute atomic E-state index is 14.5. The Kier molecular flexibility index (Phi) is 3.64. The molecule has 4 rings (SSSR count). The number of hydrogen-bond acceptors (Lipinski definition) is 2.